The van der Waals surface area contributed by atoms with E-state index in [9.17, 15) is 39.5 Å². The Kier molecular flexibility index (Phi) is 18.8. The largest absolute Gasteiger partial charge is 0.459 e. The predicted molar refractivity (Wildman–Crippen MR) is 266 cm³/mol. The van der Waals surface area contributed by atoms with Crippen molar-refractivity contribution in [3.8, 4) is 0 Å². The normalized spacial score (nSPS) is 42.2. The van der Waals surface area contributed by atoms with Crippen LogP contribution < -0.4 is 15.9 Å². The lowest BCUT2D eigenvalue weighted by Crippen LogP contribution is -2.62. The summed E-state index contributed by atoms with van der Waals surface area (Å²) in [5.74, 6) is -3.71. The summed E-state index contributed by atoms with van der Waals surface area (Å²) < 4.78 is 52.5. The van der Waals surface area contributed by atoms with E-state index in [0.717, 1.165) is 11.3 Å². The number of benzene rings is 1. The van der Waals surface area contributed by atoms with Gasteiger partial charge in [-0.1, -0.05) is 33.8 Å². The maximum atomic E-state index is 14.7. The number of hydrogen-bond acceptors (Lipinski definition) is 18. The van der Waals surface area contributed by atoms with E-state index in [1.54, 1.807) is 65.6 Å². The quantitative estimate of drug-likeness (QED) is 0.149. The Morgan fingerprint density at radius 2 is 1.67 bits per heavy atom. The Labute approximate surface area is 426 Å². The molecule has 0 bridgehead atoms. The Balaban J connectivity index is 1.23. The lowest BCUT2D eigenvalue weighted by molar-refractivity contribution is -0.302. The van der Waals surface area contributed by atoms with Gasteiger partial charge in [0.15, 0.2) is 6.29 Å². The maximum Gasteiger partial charge on any atom is 0.414 e. The summed E-state index contributed by atoms with van der Waals surface area (Å²) >= 11 is 0. The number of nitrogens with zero attached hydrogens (tertiary/aromatic N) is 4. The maximum absolute atomic E-state index is 14.7. The first-order chi connectivity index (χ1) is 33.6. The third kappa shape index (κ3) is 12.7. The zero-order valence-corrected chi connectivity index (χ0v) is 45.1. The number of ether oxygens (including phenoxy) is 6. The third-order valence-corrected chi connectivity index (χ3v) is 16.5. The van der Waals surface area contributed by atoms with Crippen LogP contribution in [-0.4, -0.2) is 190 Å². The van der Waals surface area contributed by atoms with Crippen molar-refractivity contribution in [2.75, 3.05) is 52.3 Å². The fourth-order valence-corrected chi connectivity index (χ4v) is 12.2. The Morgan fingerprint density at radius 3 is 2.32 bits per heavy atom. The van der Waals surface area contributed by atoms with Crippen LogP contribution in [0.15, 0.2) is 30.1 Å². The van der Waals surface area contributed by atoms with E-state index in [0.29, 0.717) is 32.5 Å². The van der Waals surface area contributed by atoms with Crippen LogP contribution in [0.5, 0.6) is 0 Å². The van der Waals surface area contributed by atoms with Crippen molar-refractivity contribution in [3.05, 3.63) is 41.5 Å². The van der Waals surface area contributed by atoms with Gasteiger partial charge in [0.05, 0.1) is 60.3 Å². The molecule has 6 rings (SSSR count). The SMILES string of the molecule is CC[C@H]1OC(=O)[C@H](C)C([C@H]2C[C@@](C)(OC)[C@@H](O)[C@H](C)O2)[C@H](C)[C@@H](O[C@@H]2O[C@H](C)C[C@H](N(C)CCC3=CN(C[C@H]4CN(c5ccc(C)cc5F)C(=O)O4)NN3)[C@H]2O)[C@](C)(O)C[C@@H](C)CN(C)[C@H](C)[C@@H](O)[C@]1(C)O. The highest BCUT2D eigenvalue weighted by atomic mass is 19.1. The molecule has 5 aliphatic rings. The molecule has 5 aliphatic heterocycles. The summed E-state index contributed by atoms with van der Waals surface area (Å²) in [6, 6.07) is 3.70. The summed E-state index contributed by atoms with van der Waals surface area (Å²) in [5.41, 5.74) is 3.55. The highest BCUT2D eigenvalue weighted by Gasteiger charge is 2.55. The van der Waals surface area contributed by atoms with Gasteiger partial charge in [-0.3, -0.25) is 14.7 Å². The molecular weight excluding hydrogens is 936 g/mol. The summed E-state index contributed by atoms with van der Waals surface area (Å²) in [6.07, 6.45) is -6.29. The van der Waals surface area contributed by atoms with E-state index in [1.807, 2.05) is 46.0 Å². The third-order valence-electron chi connectivity index (χ3n) is 16.5. The van der Waals surface area contributed by atoms with Gasteiger partial charge < -0.3 is 69.2 Å². The van der Waals surface area contributed by atoms with Crippen molar-refractivity contribution in [2.45, 2.75) is 198 Å². The Hall–Kier alpha value is -3.25. The van der Waals surface area contributed by atoms with Gasteiger partial charge in [-0.15, -0.1) is 5.53 Å². The molecule has 0 radical (unpaired) electrons. The van der Waals surface area contributed by atoms with E-state index < -0.39 is 120 Å². The van der Waals surface area contributed by atoms with Crippen molar-refractivity contribution >= 4 is 17.7 Å². The van der Waals surface area contributed by atoms with Crippen molar-refractivity contribution in [3.63, 3.8) is 0 Å². The molecule has 4 fully saturated rings. The fraction of sp³-hybridized carbons (Fsp3) is 0.808. The Morgan fingerprint density at radius 1 is 0.972 bits per heavy atom. The van der Waals surface area contributed by atoms with Gasteiger partial charge in [0.1, 0.15) is 41.9 Å². The molecule has 1 aromatic rings. The number of aryl methyl sites for hydroxylation is 1. The summed E-state index contributed by atoms with van der Waals surface area (Å²) in [6.45, 7) is 21.0. The smallest absolute Gasteiger partial charge is 0.414 e. The molecular formula is C52H87FN6O13. The first kappa shape index (κ1) is 58.0. The molecule has 20 heteroatoms. The molecule has 1 aromatic carbocycles. The summed E-state index contributed by atoms with van der Waals surface area (Å²) in [5, 5.41) is 61.9. The minimum Gasteiger partial charge on any atom is -0.459 e. The first-order valence-corrected chi connectivity index (χ1v) is 26.0. The number of amides is 1. The number of anilines is 1. The van der Waals surface area contributed by atoms with Crippen molar-refractivity contribution < 1.29 is 67.9 Å². The highest BCUT2D eigenvalue weighted by Crippen LogP contribution is 2.45. The number of aliphatic hydroxyl groups is 5. The van der Waals surface area contributed by atoms with Crippen molar-refractivity contribution in [1.29, 1.82) is 0 Å². The second kappa shape index (κ2) is 23.3. The summed E-state index contributed by atoms with van der Waals surface area (Å²) in [4.78, 5) is 32.6. The molecule has 72 heavy (non-hydrogen) atoms. The van der Waals surface area contributed by atoms with Gasteiger partial charge >= 0.3 is 12.1 Å². The van der Waals surface area contributed by atoms with Crippen molar-refractivity contribution in [1.82, 2.24) is 25.8 Å². The Bertz CT molecular complexity index is 2040. The van der Waals surface area contributed by atoms with E-state index >= 15 is 0 Å². The van der Waals surface area contributed by atoms with E-state index in [1.165, 1.54) is 25.0 Å². The van der Waals surface area contributed by atoms with Gasteiger partial charge in [-0.2, -0.15) is 0 Å². The molecule has 4 saturated heterocycles. The van der Waals surface area contributed by atoms with Crippen LogP contribution >= 0.6 is 0 Å². The standard InChI is InChI=1S/C52H87FN6O13/c1-15-41-52(11,66)44(61)33(7)57(13)24-29(3)22-50(9,65)46(31(5)42(32(6)47(63)71-41)40-23-51(10,67-14)45(62)34(8)69-40)72-48-43(60)39(21-30(4)68-48)56(12)19-18-35-25-58(55-54-35)26-36-27-59(49(64)70-36)38-17-16-28(2)20-37(38)53/h16-17,20,25,29-34,36,39-46,48,54-55,60-62,65-66H,15,18-19,21-24,26-27H2,1-14H3/t29-,30-,31+,32-,33-,34+,36+,39+,40-,41-,42?,43-,44-,45+,46-,48+,50-,51-,52-/m1/s1. The number of hydrazine groups is 2. The zero-order chi connectivity index (χ0) is 53.4. The second-order valence-electron chi connectivity index (χ2n) is 22.6. The minimum absolute atomic E-state index is 0.173. The number of rotatable bonds is 12. The lowest BCUT2D eigenvalue weighted by atomic mass is 9.68. The number of cyclic esters (lactones) is 2. The predicted octanol–water partition coefficient (Wildman–Crippen LogP) is 3.57. The number of hydrogen-bond donors (Lipinski definition) is 7. The molecule has 0 aliphatic carbocycles. The average molecular weight is 1020 g/mol. The molecule has 5 heterocycles. The van der Waals surface area contributed by atoms with Crippen LogP contribution in [-0.2, 0) is 33.2 Å². The first-order valence-electron chi connectivity index (χ1n) is 26.0. The molecule has 0 spiro atoms. The monoisotopic (exact) mass is 1020 g/mol. The van der Waals surface area contributed by atoms with Crippen molar-refractivity contribution in [2.24, 2.45) is 23.7 Å². The zero-order valence-electron chi connectivity index (χ0n) is 45.1. The molecule has 19 nitrogen and oxygen atoms in total. The van der Waals surface area contributed by atoms with Gasteiger partial charge in [-0.05, 0) is 111 Å². The number of carbonyl (C=O) groups is 2. The van der Waals surface area contributed by atoms with Gasteiger partial charge in [0.2, 0.25) is 0 Å². The number of nitrogens with one attached hydrogen (secondary N) is 2. The van der Waals surface area contributed by atoms with E-state index in [-0.39, 0.29) is 43.5 Å². The number of esters is 1. The molecule has 19 atom stereocenters. The topological polar surface area (TPSA) is 228 Å². The highest BCUT2D eigenvalue weighted by molar-refractivity contribution is 5.90. The fourth-order valence-electron chi connectivity index (χ4n) is 12.2. The summed E-state index contributed by atoms with van der Waals surface area (Å²) in [7, 11) is 5.29. The van der Waals surface area contributed by atoms with E-state index in [4.69, 9.17) is 28.4 Å². The van der Waals surface area contributed by atoms with Crippen LogP contribution in [0.2, 0.25) is 0 Å². The van der Waals surface area contributed by atoms with E-state index in [2.05, 4.69) is 15.9 Å². The van der Waals surface area contributed by atoms with Gasteiger partial charge in [-0.25, -0.2) is 9.18 Å². The second-order valence-corrected chi connectivity index (χ2v) is 22.6. The number of aliphatic hydroxyl groups excluding tert-OH is 3. The number of carbonyl (C=O) groups excluding carboxylic acids is 2. The number of methoxy groups -OCH3 is 1. The van der Waals surface area contributed by atoms with Crippen LogP contribution in [0.4, 0.5) is 14.9 Å². The molecule has 1 amide bonds. The molecule has 1 unspecified atom stereocenters. The van der Waals surface area contributed by atoms with Crippen LogP contribution in [0.25, 0.3) is 0 Å². The van der Waals surface area contributed by atoms with Crippen LogP contribution in [0, 0.1) is 36.4 Å². The molecule has 0 saturated carbocycles. The molecule has 7 N–H and O–H groups in total. The van der Waals surface area contributed by atoms with Crippen LogP contribution in [0.3, 0.4) is 0 Å². The molecule has 0 aromatic heterocycles. The lowest BCUT2D eigenvalue weighted by Gasteiger charge is -2.51. The number of likely N-dealkylation sites (N-methyl/N-ethyl adjacent to an activating group) is 2. The van der Waals surface area contributed by atoms with Crippen LogP contribution in [0.1, 0.15) is 107 Å². The molecule has 410 valence electrons. The van der Waals surface area contributed by atoms with Gasteiger partial charge in [0, 0.05) is 62.9 Å². The number of halogens is 1. The van der Waals surface area contributed by atoms with Gasteiger partial charge in [0.25, 0.3) is 0 Å². The average Bonchev–Trinajstić information content (AvgIpc) is 3.92. The minimum atomic E-state index is -1.83.